The summed E-state index contributed by atoms with van der Waals surface area (Å²) in [6.07, 6.45) is 4.28. The van der Waals surface area contributed by atoms with Crippen molar-refractivity contribution in [3.8, 4) is 11.5 Å². The van der Waals surface area contributed by atoms with E-state index in [4.69, 9.17) is 14.5 Å². The Hall–Kier alpha value is -3.80. The largest absolute Gasteiger partial charge is 0.497 e. The van der Waals surface area contributed by atoms with Crippen LogP contribution in [0.3, 0.4) is 0 Å². The van der Waals surface area contributed by atoms with E-state index >= 15 is 0 Å². The second-order valence-electron chi connectivity index (χ2n) is 11.0. The van der Waals surface area contributed by atoms with E-state index in [-0.39, 0.29) is 11.3 Å². The average Bonchev–Trinajstić information content (AvgIpc) is 3.28. The molecule has 0 aliphatic rings. The lowest BCUT2D eigenvalue weighted by atomic mass is 9.87. The van der Waals surface area contributed by atoms with Crippen LogP contribution in [0, 0.1) is 0 Å². The Kier molecular flexibility index (Phi) is 9.64. The molecule has 4 rings (SSSR count). The standard InChI is InChI=1S/C33H41N3O3/c1-33(2,3)26-15-19-28(20-16-26)39-23-22-36-30-11-8-7-10-29(30)35-31(36)12-6-5-9-21-34-32(37)24-25-13-17-27(38-4)18-14-25/h7-8,10-11,13-20H,5-6,9,12,21-24H2,1-4H3,(H,34,37). The first-order valence-corrected chi connectivity index (χ1v) is 13.9. The molecule has 1 aromatic heterocycles. The second-order valence-corrected chi connectivity index (χ2v) is 11.0. The number of methoxy groups -OCH3 is 1. The molecule has 6 nitrogen and oxygen atoms in total. The summed E-state index contributed by atoms with van der Waals surface area (Å²) in [6, 6.07) is 24.3. The monoisotopic (exact) mass is 527 g/mol. The minimum absolute atomic E-state index is 0.0509. The van der Waals surface area contributed by atoms with Gasteiger partial charge in [-0.05, 0) is 65.8 Å². The molecule has 39 heavy (non-hydrogen) atoms. The molecule has 1 amide bonds. The number of ether oxygens (including phenoxy) is 2. The van der Waals surface area contributed by atoms with E-state index in [0.717, 1.165) is 66.1 Å². The number of nitrogens with zero attached hydrogens (tertiary/aromatic N) is 2. The highest BCUT2D eigenvalue weighted by Gasteiger charge is 2.14. The minimum atomic E-state index is 0.0509. The van der Waals surface area contributed by atoms with Gasteiger partial charge in [-0.15, -0.1) is 0 Å². The lowest BCUT2D eigenvalue weighted by Gasteiger charge is -2.19. The van der Waals surface area contributed by atoms with Crippen molar-refractivity contribution in [2.75, 3.05) is 20.3 Å². The van der Waals surface area contributed by atoms with Crippen LogP contribution in [0.15, 0.2) is 72.8 Å². The SMILES string of the molecule is COc1ccc(CC(=O)NCCCCCc2nc3ccccc3n2CCOc2ccc(C(C)(C)C)cc2)cc1. The maximum Gasteiger partial charge on any atom is 0.224 e. The van der Waals surface area contributed by atoms with Gasteiger partial charge in [-0.2, -0.15) is 0 Å². The van der Waals surface area contributed by atoms with Crippen LogP contribution in [0.4, 0.5) is 0 Å². The van der Waals surface area contributed by atoms with Gasteiger partial charge in [0.15, 0.2) is 0 Å². The van der Waals surface area contributed by atoms with Gasteiger partial charge in [-0.3, -0.25) is 4.79 Å². The van der Waals surface area contributed by atoms with E-state index in [1.165, 1.54) is 5.56 Å². The summed E-state index contributed by atoms with van der Waals surface area (Å²) in [4.78, 5) is 17.2. The van der Waals surface area contributed by atoms with Gasteiger partial charge in [0.2, 0.25) is 5.91 Å². The summed E-state index contributed by atoms with van der Waals surface area (Å²) in [5, 5.41) is 3.04. The number of fused-ring (bicyclic) bond motifs is 1. The molecule has 0 fully saturated rings. The number of para-hydroxylation sites is 2. The third-order valence-electron chi connectivity index (χ3n) is 6.96. The predicted octanol–water partition coefficient (Wildman–Crippen LogP) is 6.49. The van der Waals surface area contributed by atoms with Crippen LogP contribution in [0.1, 0.15) is 57.0 Å². The third-order valence-corrected chi connectivity index (χ3v) is 6.96. The van der Waals surface area contributed by atoms with Crippen LogP contribution >= 0.6 is 0 Å². The summed E-state index contributed by atoms with van der Waals surface area (Å²) >= 11 is 0. The Morgan fingerprint density at radius 3 is 2.33 bits per heavy atom. The van der Waals surface area contributed by atoms with Crippen molar-refractivity contribution >= 4 is 16.9 Å². The summed E-state index contributed by atoms with van der Waals surface area (Å²) < 4.78 is 13.5. The quantitative estimate of drug-likeness (QED) is 0.202. The van der Waals surface area contributed by atoms with Crippen LogP contribution in [0.25, 0.3) is 11.0 Å². The Morgan fingerprint density at radius 1 is 0.897 bits per heavy atom. The van der Waals surface area contributed by atoms with Gasteiger partial charge in [0.1, 0.15) is 23.9 Å². The van der Waals surface area contributed by atoms with Crippen molar-refractivity contribution in [1.29, 1.82) is 0 Å². The van der Waals surface area contributed by atoms with Crippen molar-refractivity contribution in [3.05, 3.63) is 89.7 Å². The van der Waals surface area contributed by atoms with Crippen molar-refractivity contribution in [2.45, 2.75) is 64.8 Å². The molecule has 0 aliphatic carbocycles. The van der Waals surface area contributed by atoms with E-state index in [0.29, 0.717) is 19.6 Å². The highest BCUT2D eigenvalue weighted by Crippen LogP contribution is 2.24. The van der Waals surface area contributed by atoms with Gasteiger partial charge in [-0.1, -0.05) is 63.6 Å². The topological polar surface area (TPSA) is 65.4 Å². The summed E-state index contributed by atoms with van der Waals surface area (Å²) in [7, 11) is 1.64. The Morgan fingerprint density at radius 2 is 1.62 bits per heavy atom. The molecule has 0 saturated carbocycles. The smallest absolute Gasteiger partial charge is 0.224 e. The Bertz CT molecular complexity index is 1340. The fourth-order valence-corrected chi connectivity index (χ4v) is 4.68. The Labute approximate surface area is 232 Å². The third kappa shape index (κ3) is 8.09. The number of aromatic nitrogens is 2. The molecule has 4 aromatic rings. The first kappa shape index (κ1) is 28.2. The van der Waals surface area contributed by atoms with Crippen molar-refractivity contribution < 1.29 is 14.3 Å². The van der Waals surface area contributed by atoms with Gasteiger partial charge in [0.25, 0.3) is 0 Å². The fraction of sp³-hybridized carbons (Fsp3) is 0.394. The number of hydrogen-bond acceptors (Lipinski definition) is 4. The number of benzene rings is 3. The van der Waals surface area contributed by atoms with Crippen LogP contribution in [-0.2, 0) is 29.6 Å². The van der Waals surface area contributed by atoms with Crippen molar-refractivity contribution in [2.24, 2.45) is 0 Å². The second kappa shape index (κ2) is 13.3. The fourth-order valence-electron chi connectivity index (χ4n) is 4.68. The molecular weight excluding hydrogens is 486 g/mol. The molecule has 0 atom stereocenters. The maximum atomic E-state index is 12.3. The zero-order valence-electron chi connectivity index (χ0n) is 23.7. The molecule has 0 aliphatic heterocycles. The molecule has 0 radical (unpaired) electrons. The van der Waals surface area contributed by atoms with Crippen molar-refractivity contribution in [3.63, 3.8) is 0 Å². The molecule has 0 bridgehead atoms. The summed E-state index contributed by atoms with van der Waals surface area (Å²) in [6.45, 7) is 8.67. The normalized spacial score (nSPS) is 11.5. The number of carbonyl (C=O) groups excluding carboxylic acids is 1. The van der Waals surface area contributed by atoms with Gasteiger partial charge < -0.3 is 19.4 Å². The molecule has 0 unspecified atom stereocenters. The van der Waals surface area contributed by atoms with E-state index in [1.807, 2.05) is 30.3 Å². The lowest BCUT2D eigenvalue weighted by molar-refractivity contribution is -0.120. The lowest BCUT2D eigenvalue weighted by Crippen LogP contribution is -2.26. The highest BCUT2D eigenvalue weighted by atomic mass is 16.5. The number of imidazole rings is 1. The highest BCUT2D eigenvalue weighted by molar-refractivity contribution is 5.78. The molecular formula is C33H41N3O3. The van der Waals surface area contributed by atoms with Crippen molar-refractivity contribution in [1.82, 2.24) is 14.9 Å². The van der Waals surface area contributed by atoms with E-state index in [2.05, 4.69) is 73.1 Å². The molecule has 1 heterocycles. The number of aryl methyl sites for hydroxylation is 1. The summed E-state index contributed by atoms with van der Waals surface area (Å²) in [5.41, 5.74) is 4.58. The number of rotatable bonds is 13. The first-order valence-electron chi connectivity index (χ1n) is 13.9. The van der Waals surface area contributed by atoms with Gasteiger partial charge in [0.05, 0.1) is 31.1 Å². The maximum absolute atomic E-state index is 12.3. The molecule has 3 aromatic carbocycles. The van der Waals surface area contributed by atoms with Crippen LogP contribution in [-0.4, -0.2) is 35.7 Å². The zero-order valence-corrected chi connectivity index (χ0v) is 23.7. The Balaban J connectivity index is 1.23. The molecule has 6 heteroatoms. The van der Waals surface area contributed by atoms with Crippen LogP contribution in [0.5, 0.6) is 11.5 Å². The van der Waals surface area contributed by atoms with E-state index in [9.17, 15) is 4.79 Å². The zero-order chi connectivity index (χ0) is 27.7. The van der Waals surface area contributed by atoms with E-state index < -0.39 is 0 Å². The molecule has 0 saturated heterocycles. The van der Waals surface area contributed by atoms with Crippen LogP contribution in [0.2, 0.25) is 0 Å². The molecule has 206 valence electrons. The van der Waals surface area contributed by atoms with E-state index in [1.54, 1.807) is 7.11 Å². The first-order chi connectivity index (χ1) is 18.8. The number of unbranched alkanes of at least 4 members (excludes halogenated alkanes) is 2. The number of carbonyl (C=O) groups is 1. The number of nitrogens with one attached hydrogen (secondary N) is 1. The van der Waals surface area contributed by atoms with Gasteiger partial charge >= 0.3 is 0 Å². The predicted molar refractivity (Wildman–Crippen MR) is 158 cm³/mol. The molecule has 1 N–H and O–H groups in total. The van der Waals surface area contributed by atoms with Crippen LogP contribution < -0.4 is 14.8 Å². The number of hydrogen-bond donors (Lipinski definition) is 1. The molecule has 0 spiro atoms. The van der Waals surface area contributed by atoms with Gasteiger partial charge in [-0.25, -0.2) is 4.98 Å². The minimum Gasteiger partial charge on any atom is -0.497 e. The average molecular weight is 528 g/mol. The summed E-state index contributed by atoms with van der Waals surface area (Å²) in [5.74, 6) is 2.83. The van der Waals surface area contributed by atoms with Gasteiger partial charge in [0, 0.05) is 13.0 Å². The number of amides is 1.